The van der Waals surface area contributed by atoms with Gasteiger partial charge in [-0.25, -0.2) is 15.0 Å². The molecule has 0 atom stereocenters. The van der Waals surface area contributed by atoms with Crippen molar-refractivity contribution in [3.63, 3.8) is 0 Å². The molecule has 6 heteroatoms. The predicted molar refractivity (Wildman–Crippen MR) is 73.1 cm³/mol. The van der Waals surface area contributed by atoms with Gasteiger partial charge in [0.1, 0.15) is 12.2 Å². The molecule has 1 N–H and O–H groups in total. The molecule has 0 bridgehead atoms. The van der Waals surface area contributed by atoms with Gasteiger partial charge in [0.15, 0.2) is 0 Å². The monoisotopic (exact) mass is 268 g/mol. The summed E-state index contributed by atoms with van der Waals surface area (Å²) >= 11 is 0. The Morgan fingerprint density at radius 1 is 1.30 bits per heavy atom. The van der Waals surface area contributed by atoms with Crippen molar-refractivity contribution in [3.8, 4) is 11.3 Å². The van der Waals surface area contributed by atoms with Gasteiger partial charge in [0, 0.05) is 18.8 Å². The van der Waals surface area contributed by atoms with Crippen LogP contribution in [0.1, 0.15) is 5.82 Å². The van der Waals surface area contributed by atoms with Gasteiger partial charge in [-0.2, -0.15) is 0 Å². The van der Waals surface area contributed by atoms with Crippen molar-refractivity contribution in [1.29, 1.82) is 0 Å². The standard InChI is InChI=1S/C14H12N4O2/c1-18-8-16-11-6-9(2-3-12(11)18)10-4-5-15-13(17-10)7-14(19)20/h2-6,8H,7H2,1H3,(H,19,20). The van der Waals surface area contributed by atoms with E-state index in [1.165, 1.54) is 0 Å². The van der Waals surface area contributed by atoms with Gasteiger partial charge in [0.2, 0.25) is 0 Å². The fraction of sp³-hybridized carbons (Fsp3) is 0.143. The zero-order chi connectivity index (χ0) is 14.1. The molecule has 100 valence electrons. The molecule has 3 rings (SSSR count). The molecule has 3 aromatic rings. The van der Waals surface area contributed by atoms with E-state index in [1.807, 2.05) is 29.8 Å². The molecule has 0 aliphatic rings. The third-order valence-corrected chi connectivity index (χ3v) is 3.04. The lowest BCUT2D eigenvalue weighted by molar-refractivity contribution is -0.136. The minimum Gasteiger partial charge on any atom is -0.481 e. The van der Waals surface area contributed by atoms with Crippen LogP contribution >= 0.6 is 0 Å². The van der Waals surface area contributed by atoms with Gasteiger partial charge in [-0.3, -0.25) is 4.79 Å². The summed E-state index contributed by atoms with van der Waals surface area (Å²) in [6, 6.07) is 7.60. The smallest absolute Gasteiger partial charge is 0.311 e. The lowest BCUT2D eigenvalue weighted by Crippen LogP contribution is -2.05. The van der Waals surface area contributed by atoms with E-state index in [2.05, 4.69) is 15.0 Å². The van der Waals surface area contributed by atoms with Crippen LogP contribution < -0.4 is 0 Å². The number of fused-ring (bicyclic) bond motifs is 1. The zero-order valence-corrected chi connectivity index (χ0v) is 10.8. The van der Waals surface area contributed by atoms with Crippen molar-refractivity contribution in [1.82, 2.24) is 19.5 Å². The van der Waals surface area contributed by atoms with Crippen LogP contribution in [-0.2, 0) is 18.3 Å². The summed E-state index contributed by atoms with van der Waals surface area (Å²) in [7, 11) is 1.94. The number of hydrogen-bond acceptors (Lipinski definition) is 4. The average molecular weight is 268 g/mol. The molecule has 0 spiro atoms. The summed E-state index contributed by atoms with van der Waals surface area (Å²) in [6.07, 6.45) is 3.15. The summed E-state index contributed by atoms with van der Waals surface area (Å²) in [5, 5.41) is 8.78. The fourth-order valence-corrected chi connectivity index (χ4v) is 2.08. The van der Waals surface area contributed by atoms with E-state index >= 15 is 0 Å². The normalized spacial score (nSPS) is 10.8. The van der Waals surface area contributed by atoms with Crippen molar-refractivity contribution in [2.24, 2.45) is 7.05 Å². The topological polar surface area (TPSA) is 80.9 Å². The highest BCUT2D eigenvalue weighted by Gasteiger charge is 2.08. The Balaban J connectivity index is 2.03. The van der Waals surface area contributed by atoms with Crippen LogP contribution in [0.25, 0.3) is 22.3 Å². The van der Waals surface area contributed by atoms with E-state index in [-0.39, 0.29) is 6.42 Å². The number of carboxylic acid groups (broad SMARTS) is 1. The largest absolute Gasteiger partial charge is 0.481 e. The molecule has 0 saturated heterocycles. The number of carboxylic acids is 1. The molecule has 6 nitrogen and oxygen atoms in total. The van der Waals surface area contributed by atoms with Gasteiger partial charge in [-0.05, 0) is 18.2 Å². The number of benzene rings is 1. The first-order valence-corrected chi connectivity index (χ1v) is 6.08. The second-order valence-electron chi connectivity index (χ2n) is 4.49. The van der Waals surface area contributed by atoms with Crippen LogP contribution in [0.4, 0.5) is 0 Å². The van der Waals surface area contributed by atoms with Crippen LogP contribution in [0.2, 0.25) is 0 Å². The number of imidazole rings is 1. The molecule has 0 unspecified atom stereocenters. The summed E-state index contributed by atoms with van der Waals surface area (Å²) < 4.78 is 1.94. The first kappa shape index (κ1) is 12.3. The van der Waals surface area contributed by atoms with E-state index in [4.69, 9.17) is 5.11 Å². The second-order valence-corrected chi connectivity index (χ2v) is 4.49. The minimum atomic E-state index is -0.942. The maximum Gasteiger partial charge on any atom is 0.311 e. The van der Waals surface area contributed by atoms with Gasteiger partial charge in [-0.1, -0.05) is 6.07 Å². The highest BCUT2D eigenvalue weighted by Crippen LogP contribution is 2.21. The Morgan fingerprint density at radius 3 is 2.95 bits per heavy atom. The van der Waals surface area contributed by atoms with Crippen LogP contribution in [0.5, 0.6) is 0 Å². The summed E-state index contributed by atoms with van der Waals surface area (Å²) in [4.78, 5) is 23.2. The maximum atomic E-state index is 10.7. The fourth-order valence-electron chi connectivity index (χ4n) is 2.08. The number of aromatic nitrogens is 4. The number of carbonyl (C=O) groups is 1. The number of nitrogens with zero attached hydrogens (tertiary/aromatic N) is 4. The highest BCUT2D eigenvalue weighted by molar-refractivity contribution is 5.81. The molecular formula is C14H12N4O2. The summed E-state index contributed by atoms with van der Waals surface area (Å²) in [6.45, 7) is 0. The van der Waals surface area contributed by atoms with E-state index in [0.717, 1.165) is 16.6 Å². The summed E-state index contributed by atoms with van der Waals surface area (Å²) in [5.41, 5.74) is 3.51. The molecule has 20 heavy (non-hydrogen) atoms. The maximum absolute atomic E-state index is 10.7. The Bertz CT molecular complexity index is 795. The molecule has 0 amide bonds. The Kier molecular flexibility index (Phi) is 2.90. The quantitative estimate of drug-likeness (QED) is 0.781. The number of hydrogen-bond donors (Lipinski definition) is 1. The highest BCUT2D eigenvalue weighted by atomic mass is 16.4. The molecule has 0 aliphatic carbocycles. The van der Waals surface area contributed by atoms with E-state index in [1.54, 1.807) is 18.6 Å². The number of aryl methyl sites for hydroxylation is 1. The minimum absolute atomic E-state index is 0.181. The third kappa shape index (κ3) is 2.23. The zero-order valence-electron chi connectivity index (χ0n) is 10.8. The lowest BCUT2D eigenvalue weighted by Gasteiger charge is -2.03. The van der Waals surface area contributed by atoms with Crippen LogP contribution in [-0.4, -0.2) is 30.6 Å². The van der Waals surface area contributed by atoms with Crippen molar-refractivity contribution in [3.05, 3.63) is 42.6 Å². The SMILES string of the molecule is Cn1cnc2cc(-c3ccnc(CC(=O)O)n3)ccc21. The predicted octanol–water partition coefficient (Wildman–Crippen LogP) is 1.66. The molecule has 0 fully saturated rings. The van der Waals surface area contributed by atoms with Gasteiger partial charge >= 0.3 is 5.97 Å². The molecule has 0 aliphatic heterocycles. The Morgan fingerprint density at radius 2 is 2.15 bits per heavy atom. The average Bonchev–Trinajstić information content (AvgIpc) is 2.79. The number of rotatable bonds is 3. The van der Waals surface area contributed by atoms with Gasteiger partial charge in [0.25, 0.3) is 0 Å². The number of aliphatic carboxylic acids is 1. The second kappa shape index (κ2) is 4.73. The summed E-state index contributed by atoms with van der Waals surface area (Å²) in [5.74, 6) is -0.640. The van der Waals surface area contributed by atoms with Gasteiger partial charge in [0.05, 0.1) is 23.1 Å². The Labute approximate surface area is 114 Å². The van der Waals surface area contributed by atoms with E-state index < -0.39 is 5.97 Å². The molecule has 0 radical (unpaired) electrons. The van der Waals surface area contributed by atoms with Crippen molar-refractivity contribution >= 4 is 17.0 Å². The first-order chi connectivity index (χ1) is 9.63. The van der Waals surface area contributed by atoms with Crippen molar-refractivity contribution in [2.45, 2.75) is 6.42 Å². The molecule has 0 saturated carbocycles. The lowest BCUT2D eigenvalue weighted by atomic mass is 10.1. The van der Waals surface area contributed by atoms with Crippen molar-refractivity contribution in [2.75, 3.05) is 0 Å². The molecule has 2 aromatic heterocycles. The van der Waals surface area contributed by atoms with E-state index in [9.17, 15) is 4.79 Å². The first-order valence-electron chi connectivity index (χ1n) is 6.08. The molecule has 2 heterocycles. The molecular weight excluding hydrogens is 256 g/mol. The molecule has 1 aromatic carbocycles. The van der Waals surface area contributed by atoms with Gasteiger partial charge in [-0.15, -0.1) is 0 Å². The van der Waals surface area contributed by atoms with Gasteiger partial charge < -0.3 is 9.67 Å². The van der Waals surface area contributed by atoms with Crippen LogP contribution in [0, 0.1) is 0 Å². The third-order valence-electron chi connectivity index (χ3n) is 3.04. The van der Waals surface area contributed by atoms with E-state index in [0.29, 0.717) is 11.5 Å². The Hall–Kier alpha value is -2.76. The van der Waals surface area contributed by atoms with Crippen molar-refractivity contribution < 1.29 is 9.90 Å². The van der Waals surface area contributed by atoms with Crippen LogP contribution in [0.15, 0.2) is 36.8 Å². The van der Waals surface area contributed by atoms with Crippen LogP contribution in [0.3, 0.4) is 0 Å².